The molecule has 1 saturated heterocycles. The molecule has 1 amide bonds. The molecule has 3 heterocycles. The summed E-state index contributed by atoms with van der Waals surface area (Å²) in [6.07, 6.45) is 3.72. The van der Waals surface area contributed by atoms with Gasteiger partial charge in [0.1, 0.15) is 11.7 Å². The van der Waals surface area contributed by atoms with Crippen molar-refractivity contribution in [3.8, 4) is 0 Å². The first kappa shape index (κ1) is 23.7. The van der Waals surface area contributed by atoms with Gasteiger partial charge in [0.05, 0.1) is 18.3 Å². The molecule has 0 saturated carbocycles. The Morgan fingerprint density at radius 2 is 1.78 bits per heavy atom. The first-order chi connectivity index (χ1) is 17.3. The van der Waals surface area contributed by atoms with Crippen molar-refractivity contribution in [2.75, 3.05) is 25.0 Å². The average molecular weight is 487 g/mol. The molecule has 0 bridgehead atoms. The highest BCUT2D eigenvalue weighted by atomic mass is 16.3. The Bertz CT molecular complexity index is 1420. The zero-order chi connectivity index (χ0) is 25.3. The van der Waals surface area contributed by atoms with Crippen molar-refractivity contribution in [3.05, 3.63) is 88.6 Å². The number of carbonyl (C=O) groups is 1. The van der Waals surface area contributed by atoms with Gasteiger partial charge in [0.15, 0.2) is 5.65 Å². The van der Waals surface area contributed by atoms with E-state index in [2.05, 4.69) is 27.1 Å². The van der Waals surface area contributed by atoms with Gasteiger partial charge in [-0.05, 0) is 42.7 Å². The molecule has 2 aromatic heterocycles. The number of aryl methyl sites for hydroxylation is 1. The Labute approximate surface area is 209 Å². The van der Waals surface area contributed by atoms with E-state index >= 15 is 0 Å². The van der Waals surface area contributed by atoms with Crippen LogP contribution in [0.25, 0.3) is 11.0 Å². The molecule has 5 rings (SSSR count). The molecule has 0 aliphatic carbocycles. The summed E-state index contributed by atoms with van der Waals surface area (Å²) in [4.78, 5) is 34.1. The number of hydrogen-bond donors (Lipinski definition) is 1. The molecular formula is C27H30N6O3. The van der Waals surface area contributed by atoms with Gasteiger partial charge in [-0.25, -0.2) is 4.98 Å². The van der Waals surface area contributed by atoms with E-state index < -0.39 is 5.60 Å². The number of aliphatic hydroxyl groups is 1. The average Bonchev–Trinajstić information content (AvgIpc) is 3.27. The van der Waals surface area contributed by atoms with Crippen molar-refractivity contribution in [1.29, 1.82) is 0 Å². The van der Waals surface area contributed by atoms with Gasteiger partial charge in [-0.2, -0.15) is 5.10 Å². The van der Waals surface area contributed by atoms with Crippen LogP contribution in [0, 0.1) is 0 Å². The number of piperidine rings is 1. The standard InChI is InChI=1S/C27H30N6O3/c1-30(17-20-6-4-3-5-7-20)22-10-8-21(9-11-22)25(34)32-14-12-27(36,13-15-32)18-33-19-28-24-23(26(33)35)16-29-31(24)2/h3-11,16,19,36H,12-15,17-18H2,1-2H3. The Morgan fingerprint density at radius 1 is 1.08 bits per heavy atom. The van der Waals surface area contributed by atoms with Crippen molar-refractivity contribution in [2.24, 2.45) is 7.05 Å². The van der Waals surface area contributed by atoms with E-state index in [9.17, 15) is 14.7 Å². The highest BCUT2D eigenvalue weighted by Crippen LogP contribution is 2.26. The number of amides is 1. The summed E-state index contributed by atoms with van der Waals surface area (Å²) in [7, 11) is 3.76. The summed E-state index contributed by atoms with van der Waals surface area (Å²) < 4.78 is 2.99. The van der Waals surface area contributed by atoms with E-state index in [0.29, 0.717) is 42.5 Å². The highest BCUT2D eigenvalue weighted by Gasteiger charge is 2.35. The number of nitrogens with zero attached hydrogens (tertiary/aromatic N) is 6. The zero-order valence-corrected chi connectivity index (χ0v) is 20.5. The van der Waals surface area contributed by atoms with E-state index in [1.165, 1.54) is 22.7 Å². The van der Waals surface area contributed by atoms with Crippen molar-refractivity contribution in [2.45, 2.75) is 31.5 Å². The number of anilines is 1. The van der Waals surface area contributed by atoms with Gasteiger partial charge in [0.2, 0.25) is 0 Å². The van der Waals surface area contributed by atoms with Gasteiger partial charge >= 0.3 is 0 Å². The fourth-order valence-electron chi connectivity index (χ4n) is 4.77. The molecule has 0 unspecified atom stereocenters. The molecule has 2 aromatic carbocycles. The number of rotatable bonds is 6. The van der Waals surface area contributed by atoms with E-state index in [4.69, 9.17) is 0 Å². The minimum Gasteiger partial charge on any atom is -0.388 e. The summed E-state index contributed by atoms with van der Waals surface area (Å²) in [5, 5.41) is 15.7. The Balaban J connectivity index is 1.20. The number of benzene rings is 2. The maximum atomic E-state index is 13.1. The van der Waals surface area contributed by atoms with Crippen LogP contribution in [-0.2, 0) is 20.1 Å². The van der Waals surface area contributed by atoms with Gasteiger partial charge in [-0.3, -0.25) is 18.8 Å². The lowest BCUT2D eigenvalue weighted by Crippen LogP contribution is -2.49. The lowest BCUT2D eigenvalue weighted by molar-refractivity contribution is -0.0299. The number of fused-ring (bicyclic) bond motifs is 1. The second-order valence-electron chi connectivity index (χ2n) is 9.59. The molecule has 1 fully saturated rings. The van der Waals surface area contributed by atoms with Crippen LogP contribution >= 0.6 is 0 Å². The number of hydrogen-bond acceptors (Lipinski definition) is 6. The van der Waals surface area contributed by atoms with Gasteiger partial charge < -0.3 is 14.9 Å². The predicted molar refractivity (Wildman–Crippen MR) is 138 cm³/mol. The van der Waals surface area contributed by atoms with E-state index in [-0.39, 0.29) is 18.0 Å². The van der Waals surface area contributed by atoms with Crippen molar-refractivity contribution in [3.63, 3.8) is 0 Å². The summed E-state index contributed by atoms with van der Waals surface area (Å²) in [5.74, 6) is -0.0510. The van der Waals surface area contributed by atoms with Crippen LogP contribution in [0.3, 0.4) is 0 Å². The van der Waals surface area contributed by atoms with Crippen LogP contribution in [0.4, 0.5) is 5.69 Å². The van der Waals surface area contributed by atoms with Crippen molar-refractivity contribution < 1.29 is 9.90 Å². The van der Waals surface area contributed by atoms with Crippen LogP contribution in [0.15, 0.2) is 71.9 Å². The summed E-state index contributed by atoms with van der Waals surface area (Å²) >= 11 is 0. The van der Waals surface area contributed by atoms with Gasteiger partial charge in [0.25, 0.3) is 11.5 Å². The second-order valence-corrected chi connectivity index (χ2v) is 9.59. The van der Waals surface area contributed by atoms with Crippen LogP contribution in [0.5, 0.6) is 0 Å². The molecule has 9 heteroatoms. The van der Waals surface area contributed by atoms with Crippen LogP contribution in [-0.4, -0.2) is 61.0 Å². The second kappa shape index (κ2) is 9.58. The first-order valence-corrected chi connectivity index (χ1v) is 12.1. The Morgan fingerprint density at radius 3 is 2.47 bits per heavy atom. The topological polar surface area (TPSA) is 96.5 Å². The monoisotopic (exact) mass is 486 g/mol. The molecule has 0 atom stereocenters. The molecule has 1 aliphatic rings. The van der Waals surface area contributed by atoms with Gasteiger partial charge in [-0.15, -0.1) is 0 Å². The molecule has 9 nitrogen and oxygen atoms in total. The molecule has 186 valence electrons. The smallest absolute Gasteiger partial charge is 0.264 e. The number of likely N-dealkylation sites (tertiary alicyclic amines) is 1. The highest BCUT2D eigenvalue weighted by molar-refractivity contribution is 5.94. The maximum Gasteiger partial charge on any atom is 0.264 e. The molecule has 0 radical (unpaired) electrons. The number of aromatic nitrogens is 4. The van der Waals surface area contributed by atoms with Crippen LogP contribution in [0.2, 0.25) is 0 Å². The van der Waals surface area contributed by atoms with Gasteiger partial charge in [-0.1, -0.05) is 30.3 Å². The SMILES string of the molecule is CN(Cc1ccccc1)c1ccc(C(=O)N2CCC(O)(Cn3cnc4c(cnn4C)c3=O)CC2)cc1. The van der Waals surface area contributed by atoms with Crippen molar-refractivity contribution >= 4 is 22.6 Å². The zero-order valence-electron chi connectivity index (χ0n) is 20.5. The summed E-state index contributed by atoms with van der Waals surface area (Å²) in [6, 6.07) is 17.9. The molecule has 0 spiro atoms. The lowest BCUT2D eigenvalue weighted by atomic mass is 9.91. The summed E-state index contributed by atoms with van der Waals surface area (Å²) in [6.45, 7) is 1.75. The van der Waals surface area contributed by atoms with E-state index in [1.54, 1.807) is 16.6 Å². The lowest BCUT2D eigenvalue weighted by Gasteiger charge is -2.38. The van der Waals surface area contributed by atoms with Gasteiger partial charge in [0, 0.05) is 45.0 Å². The summed E-state index contributed by atoms with van der Waals surface area (Å²) in [5.41, 5.74) is 2.09. The molecular weight excluding hydrogens is 456 g/mol. The minimum absolute atomic E-state index is 0.0510. The molecule has 4 aromatic rings. The van der Waals surface area contributed by atoms with Crippen LogP contribution < -0.4 is 10.5 Å². The normalized spacial score (nSPS) is 15.2. The quantitative estimate of drug-likeness (QED) is 0.450. The molecule has 1 N–H and O–H groups in total. The predicted octanol–water partition coefficient (Wildman–Crippen LogP) is 2.43. The first-order valence-electron chi connectivity index (χ1n) is 12.1. The fourth-order valence-corrected chi connectivity index (χ4v) is 4.77. The largest absolute Gasteiger partial charge is 0.388 e. The third-order valence-electron chi connectivity index (χ3n) is 6.98. The van der Waals surface area contributed by atoms with E-state index in [1.807, 2.05) is 49.5 Å². The third kappa shape index (κ3) is 4.74. The maximum absolute atomic E-state index is 13.1. The van der Waals surface area contributed by atoms with E-state index in [0.717, 1.165) is 12.2 Å². The van der Waals surface area contributed by atoms with Crippen molar-refractivity contribution in [1.82, 2.24) is 24.2 Å². The Hall–Kier alpha value is -3.98. The molecule has 1 aliphatic heterocycles. The minimum atomic E-state index is -1.08. The molecule has 36 heavy (non-hydrogen) atoms. The fraction of sp³-hybridized carbons (Fsp3) is 0.333. The number of carbonyl (C=O) groups excluding carboxylic acids is 1. The Kier molecular flexibility index (Phi) is 6.32. The van der Waals surface area contributed by atoms with Crippen LogP contribution in [0.1, 0.15) is 28.8 Å². The third-order valence-corrected chi connectivity index (χ3v) is 6.98.